The van der Waals surface area contributed by atoms with E-state index in [2.05, 4.69) is 10.3 Å². The number of hydrogen-bond donors (Lipinski definition) is 0. The Kier molecular flexibility index (Phi) is 4.11. The number of rotatable bonds is 2. The number of benzene rings is 2. The lowest BCUT2D eigenvalue weighted by Crippen LogP contribution is -2.07. The maximum atomic E-state index is 14.0. The Morgan fingerprint density at radius 1 is 1.24 bits per heavy atom. The third kappa shape index (κ3) is 3.27. The van der Waals surface area contributed by atoms with Crippen LogP contribution in [0.15, 0.2) is 30.3 Å². The third-order valence-electron chi connectivity index (χ3n) is 3.26. The van der Waals surface area contributed by atoms with Crippen LogP contribution >= 0.6 is 11.6 Å². The van der Waals surface area contributed by atoms with Gasteiger partial charge in [0, 0.05) is 13.0 Å². The van der Waals surface area contributed by atoms with Gasteiger partial charge in [-0.2, -0.15) is 17.9 Å². The number of hydrogen-bond acceptors (Lipinski definition) is 4. The molecule has 25 heavy (non-hydrogen) atoms. The van der Waals surface area contributed by atoms with Crippen molar-refractivity contribution in [1.82, 2.24) is 15.0 Å². The van der Waals surface area contributed by atoms with Crippen LogP contribution in [0.2, 0.25) is 5.02 Å². The maximum Gasteiger partial charge on any atom is 0.416 e. The zero-order valence-electron chi connectivity index (χ0n) is 12.4. The van der Waals surface area contributed by atoms with Crippen LogP contribution < -0.4 is 4.74 Å². The van der Waals surface area contributed by atoms with Crippen molar-refractivity contribution >= 4 is 28.5 Å². The van der Waals surface area contributed by atoms with E-state index in [4.69, 9.17) is 16.3 Å². The predicted octanol–water partition coefficient (Wildman–Crippen LogP) is 4.70. The number of nitrogens with zero attached hydrogens (tertiary/aromatic N) is 3. The minimum Gasteiger partial charge on any atom is -0.453 e. The molecule has 0 unspecified atom stereocenters. The van der Waals surface area contributed by atoms with Crippen molar-refractivity contribution in [1.29, 1.82) is 0 Å². The largest absolute Gasteiger partial charge is 0.453 e. The zero-order valence-corrected chi connectivity index (χ0v) is 13.2. The Balaban J connectivity index is 1.97. The summed E-state index contributed by atoms with van der Waals surface area (Å²) in [5, 5.41) is 6.90. The molecular weight excluding hydrogens is 366 g/mol. The van der Waals surface area contributed by atoms with Crippen LogP contribution in [0.1, 0.15) is 17.3 Å². The summed E-state index contributed by atoms with van der Waals surface area (Å²) in [7, 11) is 0. The van der Waals surface area contributed by atoms with Gasteiger partial charge in [-0.25, -0.2) is 4.39 Å². The minimum atomic E-state index is -4.73. The van der Waals surface area contributed by atoms with Crippen LogP contribution in [0.3, 0.4) is 0 Å². The molecule has 1 aromatic heterocycles. The van der Waals surface area contributed by atoms with Gasteiger partial charge in [-0.3, -0.25) is 4.79 Å². The van der Waals surface area contributed by atoms with Crippen molar-refractivity contribution in [3.05, 3.63) is 46.7 Å². The number of ether oxygens (including phenoxy) is 1. The lowest BCUT2D eigenvalue weighted by molar-refractivity contribution is -0.137. The second-order valence-corrected chi connectivity index (χ2v) is 5.45. The summed E-state index contributed by atoms with van der Waals surface area (Å²) in [6.07, 6.45) is -4.73. The van der Waals surface area contributed by atoms with Gasteiger partial charge in [-0.15, -0.1) is 5.10 Å². The fraction of sp³-hybridized carbons (Fsp3) is 0.133. The van der Waals surface area contributed by atoms with Gasteiger partial charge < -0.3 is 4.74 Å². The fourth-order valence-corrected chi connectivity index (χ4v) is 2.38. The molecule has 1 heterocycles. The van der Waals surface area contributed by atoms with Crippen LogP contribution in [0.5, 0.6) is 11.5 Å². The van der Waals surface area contributed by atoms with Gasteiger partial charge in [0.25, 0.3) is 0 Å². The van der Waals surface area contributed by atoms with Crippen LogP contribution in [-0.2, 0) is 6.18 Å². The highest BCUT2D eigenvalue weighted by Crippen LogP contribution is 2.38. The van der Waals surface area contributed by atoms with Gasteiger partial charge in [0.05, 0.1) is 16.1 Å². The van der Waals surface area contributed by atoms with Crippen molar-refractivity contribution in [2.45, 2.75) is 13.1 Å². The van der Waals surface area contributed by atoms with Gasteiger partial charge >= 0.3 is 6.18 Å². The molecule has 0 bridgehead atoms. The van der Waals surface area contributed by atoms with Gasteiger partial charge in [-0.1, -0.05) is 16.8 Å². The molecule has 10 heteroatoms. The van der Waals surface area contributed by atoms with Gasteiger partial charge in [0.15, 0.2) is 11.6 Å². The minimum absolute atomic E-state index is 0.0728. The molecule has 130 valence electrons. The topological polar surface area (TPSA) is 57.0 Å². The molecule has 3 rings (SSSR count). The zero-order chi connectivity index (χ0) is 18.4. The first-order valence-electron chi connectivity index (χ1n) is 6.77. The van der Waals surface area contributed by atoms with E-state index in [1.165, 1.54) is 25.1 Å². The summed E-state index contributed by atoms with van der Waals surface area (Å²) < 4.78 is 58.2. The second kappa shape index (κ2) is 5.99. The smallest absolute Gasteiger partial charge is 0.416 e. The highest BCUT2D eigenvalue weighted by molar-refractivity contribution is 6.32. The molecule has 0 aliphatic rings. The van der Waals surface area contributed by atoms with Crippen LogP contribution in [0.25, 0.3) is 11.0 Å². The van der Waals surface area contributed by atoms with Gasteiger partial charge in [0.2, 0.25) is 5.91 Å². The quantitative estimate of drug-likeness (QED) is 0.611. The molecule has 5 nitrogen and oxygen atoms in total. The number of carbonyl (C=O) groups excluding carboxylic acids is 1. The van der Waals surface area contributed by atoms with Crippen LogP contribution in [-0.4, -0.2) is 20.9 Å². The summed E-state index contributed by atoms with van der Waals surface area (Å²) in [4.78, 5) is 11.4. The van der Waals surface area contributed by atoms with E-state index in [9.17, 15) is 22.4 Å². The van der Waals surface area contributed by atoms with Gasteiger partial charge in [-0.05, 0) is 24.3 Å². The molecule has 0 aliphatic carbocycles. The normalized spacial score (nSPS) is 11.8. The molecule has 0 saturated heterocycles. The molecule has 3 aromatic rings. The molecule has 0 aliphatic heterocycles. The Labute approximate surface area is 142 Å². The lowest BCUT2D eigenvalue weighted by Gasteiger charge is -2.12. The Bertz CT molecular complexity index is 962. The second-order valence-electron chi connectivity index (χ2n) is 5.04. The molecule has 0 saturated carbocycles. The first-order valence-corrected chi connectivity index (χ1v) is 7.15. The van der Waals surface area contributed by atoms with E-state index in [-0.39, 0.29) is 17.2 Å². The van der Waals surface area contributed by atoms with Crippen molar-refractivity contribution in [3.8, 4) is 11.5 Å². The monoisotopic (exact) mass is 373 g/mol. The van der Waals surface area contributed by atoms with E-state index in [1.807, 2.05) is 0 Å². The highest BCUT2D eigenvalue weighted by Gasteiger charge is 2.32. The van der Waals surface area contributed by atoms with Crippen LogP contribution in [0.4, 0.5) is 17.6 Å². The predicted molar refractivity (Wildman–Crippen MR) is 80.3 cm³/mol. The van der Waals surface area contributed by atoms with Crippen molar-refractivity contribution in [3.63, 3.8) is 0 Å². The first-order chi connectivity index (χ1) is 11.7. The number of aromatic nitrogens is 3. The molecule has 0 fully saturated rings. The van der Waals surface area contributed by atoms with Crippen molar-refractivity contribution < 1.29 is 27.1 Å². The average Bonchev–Trinajstić information content (AvgIpc) is 2.93. The molecule has 0 atom stereocenters. The summed E-state index contributed by atoms with van der Waals surface area (Å²) in [6, 6.07) is 5.08. The van der Waals surface area contributed by atoms with E-state index < -0.39 is 28.3 Å². The van der Waals surface area contributed by atoms with Crippen molar-refractivity contribution in [2.75, 3.05) is 0 Å². The Morgan fingerprint density at radius 3 is 2.56 bits per heavy atom. The summed E-state index contributed by atoms with van der Waals surface area (Å²) in [5.41, 5.74) is -0.530. The molecule has 0 amide bonds. The van der Waals surface area contributed by atoms with Crippen molar-refractivity contribution in [2.24, 2.45) is 0 Å². The lowest BCUT2D eigenvalue weighted by atomic mass is 10.2. The highest BCUT2D eigenvalue weighted by atomic mass is 35.5. The maximum absolute atomic E-state index is 14.0. The Morgan fingerprint density at radius 2 is 1.96 bits per heavy atom. The number of carbonyl (C=O) groups is 1. The number of alkyl halides is 3. The molecule has 2 aromatic carbocycles. The average molecular weight is 374 g/mol. The third-order valence-corrected chi connectivity index (χ3v) is 3.54. The SMILES string of the molecule is CC(=O)n1nnc2cc(Oc3c(F)cc(C(F)(F)F)cc3Cl)ccc21. The van der Waals surface area contributed by atoms with E-state index in [0.717, 1.165) is 4.68 Å². The van der Waals surface area contributed by atoms with E-state index >= 15 is 0 Å². The molecule has 0 spiro atoms. The van der Waals surface area contributed by atoms with Crippen LogP contribution in [0, 0.1) is 5.82 Å². The number of halogens is 5. The molecule has 0 N–H and O–H groups in total. The number of fused-ring (bicyclic) bond motifs is 1. The summed E-state index contributed by atoms with van der Waals surface area (Å²) >= 11 is 5.71. The standard InChI is InChI=1S/C15H8ClF4N3O2/c1-7(24)23-13-3-2-9(6-12(13)21-22-23)25-14-10(16)4-8(5-11(14)17)15(18,19)20/h2-6H,1H3. The van der Waals surface area contributed by atoms with E-state index in [0.29, 0.717) is 17.6 Å². The molecule has 0 radical (unpaired) electrons. The summed E-state index contributed by atoms with van der Waals surface area (Å²) in [6.45, 7) is 1.30. The van der Waals surface area contributed by atoms with E-state index in [1.54, 1.807) is 0 Å². The Hall–Kier alpha value is -2.68. The van der Waals surface area contributed by atoms with Gasteiger partial charge in [0.1, 0.15) is 11.3 Å². The molecular formula is C15H8ClF4N3O2. The first kappa shape index (κ1) is 17.2. The fourth-order valence-electron chi connectivity index (χ4n) is 2.14. The summed E-state index contributed by atoms with van der Waals surface area (Å²) in [5.74, 6) is -2.09.